The van der Waals surface area contributed by atoms with Crippen LogP contribution in [0.4, 0.5) is 5.69 Å². The highest BCUT2D eigenvalue weighted by Gasteiger charge is 2.33. The molecule has 1 saturated carbocycles. The molecule has 0 saturated heterocycles. The van der Waals surface area contributed by atoms with Crippen LogP contribution in [0.2, 0.25) is 5.02 Å². The normalized spacial score (nSPS) is 14.5. The van der Waals surface area contributed by atoms with Gasteiger partial charge in [0.2, 0.25) is 11.8 Å². The van der Waals surface area contributed by atoms with E-state index in [9.17, 15) is 18.0 Å². The van der Waals surface area contributed by atoms with Crippen LogP contribution >= 0.6 is 27.5 Å². The molecule has 1 aliphatic rings. The molecule has 10 heteroatoms. The Hall–Kier alpha value is -2.88. The van der Waals surface area contributed by atoms with Crippen LogP contribution in [-0.2, 0) is 26.2 Å². The lowest BCUT2D eigenvalue weighted by Gasteiger charge is -2.32. The zero-order chi connectivity index (χ0) is 29.7. The summed E-state index contributed by atoms with van der Waals surface area (Å²) < 4.78 is 29.9. The minimum Gasteiger partial charge on any atom is -0.352 e. The Morgan fingerprint density at radius 3 is 2.22 bits per heavy atom. The van der Waals surface area contributed by atoms with Crippen molar-refractivity contribution in [1.29, 1.82) is 0 Å². The number of amides is 2. The lowest BCUT2D eigenvalue weighted by molar-refractivity contribution is -0.139. The van der Waals surface area contributed by atoms with Gasteiger partial charge in [0.15, 0.2) is 0 Å². The molecule has 41 heavy (non-hydrogen) atoms. The highest BCUT2D eigenvalue weighted by molar-refractivity contribution is 9.10. The first-order chi connectivity index (χ1) is 19.5. The van der Waals surface area contributed by atoms with Gasteiger partial charge in [0.25, 0.3) is 10.0 Å². The van der Waals surface area contributed by atoms with E-state index in [1.54, 1.807) is 19.1 Å². The maximum absolute atomic E-state index is 14.1. The predicted molar refractivity (Wildman–Crippen MR) is 166 cm³/mol. The van der Waals surface area contributed by atoms with Crippen LogP contribution in [0.1, 0.15) is 49.3 Å². The number of anilines is 1. The summed E-state index contributed by atoms with van der Waals surface area (Å²) in [6.07, 6.45) is 3.96. The lowest BCUT2D eigenvalue weighted by atomic mass is 10.1. The van der Waals surface area contributed by atoms with E-state index in [-0.39, 0.29) is 23.4 Å². The molecule has 0 aliphatic heterocycles. The second-order valence-corrected chi connectivity index (χ2v) is 13.8. The Balaban J connectivity index is 1.70. The molecule has 3 aromatic carbocycles. The standard InChI is InChI=1S/C31H35BrClN3O4S/c1-21-8-15-28(18-22(21)2)36(41(39,40)29-16-13-26(33)14-17-29)20-30(37)35(19-24-9-11-25(32)12-10-24)23(3)31(38)34-27-6-4-5-7-27/h8-18,23,27H,4-7,19-20H2,1-3H3,(H,34,38)/t23-/m1/s1. The molecule has 0 heterocycles. The summed E-state index contributed by atoms with van der Waals surface area (Å²) in [7, 11) is -4.15. The second-order valence-electron chi connectivity index (χ2n) is 10.5. The molecule has 1 fully saturated rings. The van der Waals surface area contributed by atoms with Crippen molar-refractivity contribution < 1.29 is 18.0 Å². The molecule has 0 bridgehead atoms. The quantitative estimate of drug-likeness (QED) is 0.273. The highest BCUT2D eigenvalue weighted by atomic mass is 79.9. The number of halogens is 2. The van der Waals surface area contributed by atoms with E-state index in [0.29, 0.717) is 10.7 Å². The van der Waals surface area contributed by atoms with Gasteiger partial charge in [0.1, 0.15) is 12.6 Å². The van der Waals surface area contributed by atoms with Crippen LogP contribution in [0.15, 0.2) is 76.1 Å². The van der Waals surface area contributed by atoms with E-state index >= 15 is 0 Å². The minimum atomic E-state index is -4.15. The summed E-state index contributed by atoms with van der Waals surface area (Å²) in [6.45, 7) is 5.18. The Kier molecular flexibility index (Phi) is 10.2. The molecule has 1 atom stereocenters. The molecule has 1 N–H and O–H groups in total. The molecule has 3 aromatic rings. The van der Waals surface area contributed by atoms with Crippen molar-refractivity contribution >= 4 is 55.1 Å². The van der Waals surface area contributed by atoms with Gasteiger partial charge >= 0.3 is 0 Å². The van der Waals surface area contributed by atoms with Gasteiger partial charge in [0, 0.05) is 22.1 Å². The van der Waals surface area contributed by atoms with Gasteiger partial charge in [-0.15, -0.1) is 0 Å². The lowest BCUT2D eigenvalue weighted by Crippen LogP contribution is -2.52. The molecular weight excluding hydrogens is 626 g/mol. The second kappa shape index (κ2) is 13.4. The average Bonchev–Trinajstić information content (AvgIpc) is 3.45. The fourth-order valence-electron chi connectivity index (χ4n) is 4.90. The third-order valence-corrected chi connectivity index (χ3v) is 10.2. The van der Waals surface area contributed by atoms with Crippen LogP contribution in [0.25, 0.3) is 0 Å². The first-order valence-electron chi connectivity index (χ1n) is 13.7. The number of carbonyl (C=O) groups is 2. The van der Waals surface area contributed by atoms with Gasteiger partial charge in [0.05, 0.1) is 10.6 Å². The molecule has 2 amide bonds. The number of hydrogen-bond acceptors (Lipinski definition) is 4. The summed E-state index contributed by atoms with van der Waals surface area (Å²) in [4.78, 5) is 28.9. The Morgan fingerprint density at radius 2 is 1.61 bits per heavy atom. The zero-order valence-electron chi connectivity index (χ0n) is 23.4. The summed E-state index contributed by atoms with van der Waals surface area (Å²) in [5, 5.41) is 3.49. The number of sulfonamides is 1. The molecule has 0 aromatic heterocycles. The van der Waals surface area contributed by atoms with Crippen LogP contribution < -0.4 is 9.62 Å². The van der Waals surface area contributed by atoms with Crippen molar-refractivity contribution in [3.63, 3.8) is 0 Å². The van der Waals surface area contributed by atoms with Crippen molar-refractivity contribution in [3.05, 3.63) is 92.9 Å². The Bertz CT molecular complexity index is 1490. The fraction of sp³-hybridized carbons (Fsp3) is 0.355. The number of nitrogens with one attached hydrogen (secondary N) is 1. The molecule has 7 nitrogen and oxygen atoms in total. The monoisotopic (exact) mass is 659 g/mol. The topological polar surface area (TPSA) is 86.8 Å². The maximum Gasteiger partial charge on any atom is 0.264 e. The van der Waals surface area contributed by atoms with Crippen molar-refractivity contribution in [3.8, 4) is 0 Å². The summed E-state index contributed by atoms with van der Waals surface area (Å²) in [5.41, 5.74) is 3.07. The third-order valence-electron chi connectivity index (χ3n) is 7.59. The average molecular weight is 661 g/mol. The van der Waals surface area contributed by atoms with Gasteiger partial charge in [-0.05, 0) is 98.8 Å². The molecular formula is C31H35BrClN3O4S. The van der Waals surface area contributed by atoms with Crippen molar-refractivity contribution in [2.45, 2.75) is 70.0 Å². The van der Waals surface area contributed by atoms with Crippen LogP contribution in [-0.4, -0.2) is 43.8 Å². The Morgan fingerprint density at radius 1 is 0.976 bits per heavy atom. The zero-order valence-corrected chi connectivity index (χ0v) is 26.6. The van der Waals surface area contributed by atoms with Crippen LogP contribution in [0.5, 0.6) is 0 Å². The number of hydrogen-bond donors (Lipinski definition) is 1. The van der Waals surface area contributed by atoms with E-state index in [1.807, 2.05) is 44.2 Å². The molecule has 0 radical (unpaired) electrons. The summed E-state index contributed by atoms with van der Waals surface area (Å²) in [5.74, 6) is -0.738. The van der Waals surface area contributed by atoms with Gasteiger partial charge in [-0.1, -0.05) is 58.6 Å². The van der Waals surface area contributed by atoms with E-state index in [0.717, 1.165) is 51.2 Å². The fourth-order valence-corrected chi connectivity index (χ4v) is 6.70. The molecule has 4 rings (SSSR count). The van der Waals surface area contributed by atoms with Gasteiger partial charge < -0.3 is 10.2 Å². The number of nitrogens with zero attached hydrogens (tertiary/aromatic N) is 2. The SMILES string of the molecule is Cc1ccc(N(CC(=O)N(Cc2ccc(Br)cc2)[C@H](C)C(=O)NC2CCCC2)S(=O)(=O)c2ccc(Cl)cc2)cc1C. The van der Waals surface area contributed by atoms with Crippen molar-refractivity contribution in [2.24, 2.45) is 0 Å². The first-order valence-corrected chi connectivity index (χ1v) is 16.3. The smallest absolute Gasteiger partial charge is 0.264 e. The molecule has 1 aliphatic carbocycles. The Labute approximate surface area is 256 Å². The van der Waals surface area contributed by atoms with E-state index in [2.05, 4.69) is 21.2 Å². The number of aryl methyl sites for hydroxylation is 2. The first kappa shape index (κ1) is 31.1. The molecule has 0 unspecified atom stereocenters. The van der Waals surface area contributed by atoms with Gasteiger partial charge in [-0.3, -0.25) is 13.9 Å². The number of rotatable bonds is 10. The van der Waals surface area contributed by atoms with Crippen LogP contribution in [0, 0.1) is 13.8 Å². The number of carbonyl (C=O) groups excluding carboxylic acids is 2. The molecule has 218 valence electrons. The number of benzene rings is 3. The third kappa shape index (κ3) is 7.70. The van der Waals surface area contributed by atoms with E-state index in [1.165, 1.54) is 29.2 Å². The maximum atomic E-state index is 14.1. The van der Waals surface area contributed by atoms with Crippen LogP contribution in [0.3, 0.4) is 0 Å². The molecule has 0 spiro atoms. The highest BCUT2D eigenvalue weighted by Crippen LogP contribution is 2.27. The van der Waals surface area contributed by atoms with Crippen molar-refractivity contribution in [2.75, 3.05) is 10.8 Å². The summed E-state index contributed by atoms with van der Waals surface area (Å²) in [6, 6.07) is 17.9. The van der Waals surface area contributed by atoms with Gasteiger partial charge in [-0.25, -0.2) is 8.42 Å². The van der Waals surface area contributed by atoms with Crippen molar-refractivity contribution in [1.82, 2.24) is 10.2 Å². The van der Waals surface area contributed by atoms with E-state index < -0.39 is 28.5 Å². The van der Waals surface area contributed by atoms with Gasteiger partial charge in [-0.2, -0.15) is 0 Å². The predicted octanol–water partition coefficient (Wildman–Crippen LogP) is 6.39. The largest absolute Gasteiger partial charge is 0.352 e. The minimum absolute atomic E-state index is 0.0133. The summed E-state index contributed by atoms with van der Waals surface area (Å²) >= 11 is 9.46. The van der Waals surface area contributed by atoms with E-state index in [4.69, 9.17) is 11.6 Å².